The normalized spacial score (nSPS) is 19.7. The molecule has 1 heterocycles. The topological polar surface area (TPSA) is 110 Å². The molecule has 4 N–H and O–H groups in total. The van der Waals surface area contributed by atoms with Gasteiger partial charge in [0.1, 0.15) is 0 Å². The van der Waals surface area contributed by atoms with E-state index in [2.05, 4.69) is 0 Å². The number of urea groups is 1. The fourth-order valence-corrected chi connectivity index (χ4v) is 1.93. The van der Waals surface area contributed by atoms with Gasteiger partial charge < -0.3 is 11.5 Å². The second-order valence-corrected chi connectivity index (χ2v) is 4.34. The molecule has 0 aromatic carbocycles. The van der Waals surface area contributed by atoms with Crippen LogP contribution in [-0.2, 0) is 9.59 Å². The number of nitrogens with two attached hydrogens (primary N) is 2. The number of nitrogens with zero attached hydrogens (tertiary/aromatic N) is 2. The predicted octanol–water partition coefficient (Wildman–Crippen LogP) is -0.0530. The minimum Gasteiger partial charge on any atom is -0.311 e. The maximum atomic E-state index is 12.0. The predicted molar refractivity (Wildman–Crippen MR) is 64.9 cm³/mol. The third-order valence-corrected chi connectivity index (χ3v) is 2.86. The van der Waals surface area contributed by atoms with Crippen molar-refractivity contribution >= 4 is 17.8 Å². The highest BCUT2D eigenvalue weighted by atomic mass is 16.2. The first-order valence-corrected chi connectivity index (χ1v) is 6.17. The van der Waals surface area contributed by atoms with E-state index >= 15 is 0 Å². The molecule has 0 radical (unpaired) electrons. The molecule has 0 bridgehead atoms. The van der Waals surface area contributed by atoms with Crippen LogP contribution >= 0.6 is 0 Å². The van der Waals surface area contributed by atoms with Crippen LogP contribution in [0, 0.1) is 0 Å². The van der Waals surface area contributed by atoms with Crippen molar-refractivity contribution in [3.63, 3.8) is 0 Å². The number of hydrogen-bond acceptors (Lipinski definition) is 5. The molecule has 7 heteroatoms. The molecule has 2 atom stereocenters. The van der Waals surface area contributed by atoms with E-state index in [9.17, 15) is 14.4 Å². The Morgan fingerprint density at radius 3 is 1.50 bits per heavy atom. The van der Waals surface area contributed by atoms with Gasteiger partial charge in [0.15, 0.2) is 0 Å². The summed E-state index contributed by atoms with van der Waals surface area (Å²) in [4.78, 5) is 37.1. The molecule has 102 valence electrons. The molecule has 2 unspecified atom stereocenters. The Hall–Kier alpha value is -1.47. The second-order valence-electron chi connectivity index (χ2n) is 4.34. The number of carbonyl (C=O) groups is 3. The van der Waals surface area contributed by atoms with Gasteiger partial charge in [0.2, 0.25) is 0 Å². The Balaban J connectivity index is 2.90. The zero-order valence-electron chi connectivity index (χ0n) is 10.8. The minimum absolute atomic E-state index is 0.460. The van der Waals surface area contributed by atoms with Gasteiger partial charge in [-0.05, 0) is 12.8 Å². The smallest absolute Gasteiger partial charge is 0.311 e. The summed E-state index contributed by atoms with van der Waals surface area (Å²) >= 11 is 0. The zero-order valence-corrected chi connectivity index (χ0v) is 10.8. The number of rotatable bonds is 6. The average molecular weight is 256 g/mol. The van der Waals surface area contributed by atoms with Gasteiger partial charge in [0.25, 0.3) is 0 Å². The third kappa shape index (κ3) is 2.51. The lowest BCUT2D eigenvalue weighted by Crippen LogP contribution is -2.49. The van der Waals surface area contributed by atoms with Gasteiger partial charge in [0, 0.05) is 0 Å². The Labute approximate surface area is 106 Å². The number of imide groups is 2. The van der Waals surface area contributed by atoms with E-state index < -0.39 is 30.2 Å². The average Bonchev–Trinajstić information content (AvgIpc) is 2.51. The van der Waals surface area contributed by atoms with E-state index in [1.807, 2.05) is 13.8 Å². The van der Waals surface area contributed by atoms with Crippen LogP contribution in [0.5, 0.6) is 0 Å². The van der Waals surface area contributed by atoms with Gasteiger partial charge in [0.05, 0.1) is 12.3 Å². The van der Waals surface area contributed by atoms with Crippen molar-refractivity contribution in [1.82, 2.24) is 9.80 Å². The summed E-state index contributed by atoms with van der Waals surface area (Å²) < 4.78 is 0. The number of amides is 4. The Bertz CT molecular complexity index is 326. The molecule has 1 saturated heterocycles. The van der Waals surface area contributed by atoms with Crippen molar-refractivity contribution in [3.05, 3.63) is 0 Å². The first kappa shape index (κ1) is 14.6. The van der Waals surface area contributed by atoms with Gasteiger partial charge >= 0.3 is 17.8 Å². The molecule has 0 saturated carbocycles. The Morgan fingerprint density at radius 2 is 1.22 bits per heavy atom. The monoisotopic (exact) mass is 256 g/mol. The van der Waals surface area contributed by atoms with Crippen molar-refractivity contribution in [2.45, 2.75) is 51.9 Å². The number of hydrogen-bond donors (Lipinski definition) is 2. The summed E-state index contributed by atoms with van der Waals surface area (Å²) in [5, 5.41) is 0. The maximum Gasteiger partial charge on any atom is 0.336 e. The van der Waals surface area contributed by atoms with Crippen LogP contribution in [0.3, 0.4) is 0 Å². The SMILES string of the molecule is CCCC(N)N1C(=O)C(=O)N(C(N)CCC)C1=O. The summed E-state index contributed by atoms with van der Waals surface area (Å²) in [6.07, 6.45) is 0.819. The van der Waals surface area contributed by atoms with Crippen LogP contribution < -0.4 is 11.5 Å². The zero-order chi connectivity index (χ0) is 13.9. The molecule has 1 aliphatic rings. The summed E-state index contributed by atoms with van der Waals surface area (Å²) in [6.45, 7) is 3.76. The van der Waals surface area contributed by atoms with Crippen LogP contribution in [-0.4, -0.2) is 40.0 Å². The first-order chi connectivity index (χ1) is 8.45. The molecule has 0 aromatic heterocycles. The minimum atomic E-state index is -0.882. The molecule has 7 nitrogen and oxygen atoms in total. The third-order valence-electron chi connectivity index (χ3n) is 2.86. The lowest BCUT2D eigenvalue weighted by Gasteiger charge is -2.24. The van der Waals surface area contributed by atoms with Crippen molar-refractivity contribution < 1.29 is 14.4 Å². The molecule has 1 aliphatic heterocycles. The molecule has 0 aromatic rings. The standard InChI is InChI=1S/C11H20N4O3/c1-3-5-7(12)14-9(16)10(17)15(11(14)18)8(13)6-4-2/h7-8H,3-6,12-13H2,1-2H3. The summed E-state index contributed by atoms with van der Waals surface area (Å²) in [5.74, 6) is -1.76. The largest absolute Gasteiger partial charge is 0.336 e. The summed E-state index contributed by atoms with van der Waals surface area (Å²) in [6, 6.07) is -0.702. The van der Waals surface area contributed by atoms with Crippen LogP contribution in [0.25, 0.3) is 0 Å². The highest BCUT2D eigenvalue weighted by molar-refractivity contribution is 6.44. The number of carbonyl (C=O) groups excluding carboxylic acids is 3. The Morgan fingerprint density at radius 1 is 0.889 bits per heavy atom. The fraction of sp³-hybridized carbons (Fsp3) is 0.727. The molecule has 18 heavy (non-hydrogen) atoms. The highest BCUT2D eigenvalue weighted by Crippen LogP contribution is 2.18. The molecule has 1 fully saturated rings. The van der Waals surface area contributed by atoms with E-state index in [-0.39, 0.29) is 0 Å². The molecule has 4 amide bonds. The van der Waals surface area contributed by atoms with Crippen molar-refractivity contribution in [3.8, 4) is 0 Å². The van der Waals surface area contributed by atoms with E-state index in [1.54, 1.807) is 0 Å². The van der Waals surface area contributed by atoms with Crippen LogP contribution in [0.2, 0.25) is 0 Å². The van der Waals surface area contributed by atoms with Crippen LogP contribution in [0.15, 0.2) is 0 Å². The van der Waals surface area contributed by atoms with Crippen molar-refractivity contribution in [2.24, 2.45) is 11.5 Å². The fourth-order valence-electron chi connectivity index (χ4n) is 1.93. The lowest BCUT2D eigenvalue weighted by molar-refractivity contribution is -0.144. The van der Waals surface area contributed by atoms with E-state index in [1.165, 1.54) is 0 Å². The van der Waals surface area contributed by atoms with E-state index in [0.717, 1.165) is 9.80 Å². The van der Waals surface area contributed by atoms with E-state index in [4.69, 9.17) is 11.5 Å². The van der Waals surface area contributed by atoms with Gasteiger partial charge in [-0.25, -0.2) is 14.6 Å². The summed E-state index contributed by atoms with van der Waals surface area (Å²) in [7, 11) is 0. The second kappa shape index (κ2) is 5.92. The molecule has 1 rings (SSSR count). The van der Waals surface area contributed by atoms with E-state index in [0.29, 0.717) is 25.7 Å². The van der Waals surface area contributed by atoms with Crippen molar-refractivity contribution in [1.29, 1.82) is 0 Å². The van der Waals surface area contributed by atoms with Crippen LogP contribution in [0.4, 0.5) is 4.79 Å². The van der Waals surface area contributed by atoms with Gasteiger partial charge in [-0.15, -0.1) is 0 Å². The van der Waals surface area contributed by atoms with Gasteiger partial charge in [-0.2, -0.15) is 0 Å². The molecular weight excluding hydrogens is 236 g/mol. The molecule has 0 spiro atoms. The van der Waals surface area contributed by atoms with Crippen molar-refractivity contribution in [2.75, 3.05) is 0 Å². The Kier molecular flexibility index (Phi) is 4.80. The summed E-state index contributed by atoms with van der Waals surface area (Å²) in [5.41, 5.74) is 11.5. The lowest BCUT2D eigenvalue weighted by atomic mass is 10.2. The first-order valence-electron chi connectivity index (χ1n) is 6.17. The maximum absolute atomic E-state index is 12.0. The molecule has 0 aliphatic carbocycles. The van der Waals surface area contributed by atoms with Gasteiger partial charge in [-0.3, -0.25) is 9.59 Å². The van der Waals surface area contributed by atoms with Crippen LogP contribution in [0.1, 0.15) is 39.5 Å². The highest BCUT2D eigenvalue weighted by Gasteiger charge is 2.48. The quantitative estimate of drug-likeness (QED) is 0.511. The molecular formula is C11H20N4O3. The van der Waals surface area contributed by atoms with Gasteiger partial charge in [-0.1, -0.05) is 26.7 Å².